The van der Waals surface area contributed by atoms with Crippen LogP contribution in [0.5, 0.6) is 0 Å². The molecule has 1 aromatic heterocycles. The van der Waals surface area contributed by atoms with Crippen molar-refractivity contribution in [1.29, 1.82) is 0 Å². The highest BCUT2D eigenvalue weighted by Gasteiger charge is 2.37. The van der Waals surface area contributed by atoms with Crippen molar-refractivity contribution in [3.63, 3.8) is 0 Å². The zero-order valence-corrected chi connectivity index (χ0v) is 9.87. The molecular weight excluding hydrogens is 224 g/mol. The molecule has 0 spiro atoms. The van der Waals surface area contributed by atoms with E-state index in [2.05, 4.69) is 4.98 Å². The molecular formula is C12H17F2N3. The second-order valence-electron chi connectivity index (χ2n) is 4.66. The summed E-state index contributed by atoms with van der Waals surface area (Å²) in [6.07, 6.45) is 2.95. The van der Waals surface area contributed by atoms with Gasteiger partial charge in [0.25, 0.3) is 0 Å². The van der Waals surface area contributed by atoms with Crippen LogP contribution < -0.4 is 10.6 Å². The van der Waals surface area contributed by atoms with Crippen molar-refractivity contribution in [2.24, 2.45) is 5.92 Å². The third-order valence-corrected chi connectivity index (χ3v) is 3.25. The fourth-order valence-electron chi connectivity index (χ4n) is 2.26. The van der Waals surface area contributed by atoms with Gasteiger partial charge in [0, 0.05) is 25.2 Å². The first-order valence-corrected chi connectivity index (χ1v) is 5.82. The number of anilines is 2. The average molecular weight is 241 g/mol. The summed E-state index contributed by atoms with van der Waals surface area (Å²) < 4.78 is 26.6. The summed E-state index contributed by atoms with van der Waals surface area (Å²) in [7, 11) is 0. The molecule has 2 N–H and O–H groups in total. The predicted molar refractivity (Wildman–Crippen MR) is 64.2 cm³/mol. The number of aromatic nitrogens is 1. The van der Waals surface area contributed by atoms with E-state index < -0.39 is 11.8 Å². The highest BCUT2D eigenvalue weighted by molar-refractivity contribution is 5.62. The minimum Gasteiger partial charge on any atom is -0.396 e. The van der Waals surface area contributed by atoms with Gasteiger partial charge in [-0.3, -0.25) is 0 Å². The van der Waals surface area contributed by atoms with E-state index >= 15 is 0 Å². The Bertz CT molecular complexity index is 390. The molecule has 1 aliphatic heterocycles. The van der Waals surface area contributed by atoms with Gasteiger partial charge in [0.1, 0.15) is 0 Å². The van der Waals surface area contributed by atoms with Gasteiger partial charge in [-0.15, -0.1) is 0 Å². The molecule has 0 unspecified atom stereocenters. The van der Waals surface area contributed by atoms with Crippen LogP contribution in [0.2, 0.25) is 0 Å². The van der Waals surface area contributed by atoms with E-state index in [-0.39, 0.29) is 0 Å². The molecule has 0 bridgehead atoms. The van der Waals surface area contributed by atoms with Gasteiger partial charge in [-0.1, -0.05) is 0 Å². The maximum atomic E-state index is 13.3. The van der Waals surface area contributed by atoms with Crippen LogP contribution in [-0.2, 0) is 0 Å². The van der Waals surface area contributed by atoms with Gasteiger partial charge in [-0.2, -0.15) is 0 Å². The van der Waals surface area contributed by atoms with Gasteiger partial charge >= 0.3 is 0 Å². The lowest BCUT2D eigenvalue weighted by atomic mass is 9.92. The van der Waals surface area contributed by atoms with Crippen molar-refractivity contribution in [3.8, 4) is 0 Å². The van der Waals surface area contributed by atoms with Crippen LogP contribution in [-0.4, -0.2) is 24.0 Å². The Kier molecular flexibility index (Phi) is 3.17. The van der Waals surface area contributed by atoms with Crippen LogP contribution in [0.1, 0.15) is 19.8 Å². The van der Waals surface area contributed by atoms with E-state index in [1.807, 2.05) is 4.90 Å². The van der Waals surface area contributed by atoms with Crippen molar-refractivity contribution in [3.05, 3.63) is 18.3 Å². The fraction of sp³-hybridized carbons (Fsp3) is 0.583. The van der Waals surface area contributed by atoms with Crippen molar-refractivity contribution in [1.82, 2.24) is 4.98 Å². The number of hydrogen-bond donors (Lipinski definition) is 1. The lowest BCUT2D eigenvalue weighted by Gasteiger charge is -2.36. The van der Waals surface area contributed by atoms with Crippen molar-refractivity contribution < 1.29 is 8.78 Å². The molecule has 2 heterocycles. The zero-order valence-electron chi connectivity index (χ0n) is 9.87. The third kappa shape index (κ3) is 2.65. The SMILES string of the molecule is CC(F)(F)[C@@H]1CCCN(c2ncccc2N)C1. The topological polar surface area (TPSA) is 42.2 Å². The number of hydrogen-bond acceptors (Lipinski definition) is 3. The van der Waals surface area contributed by atoms with E-state index in [4.69, 9.17) is 5.73 Å². The summed E-state index contributed by atoms with van der Waals surface area (Å²) in [4.78, 5) is 6.04. The Morgan fingerprint density at radius 1 is 1.53 bits per heavy atom. The Balaban J connectivity index is 2.15. The lowest BCUT2D eigenvalue weighted by molar-refractivity contribution is -0.0439. The molecule has 5 heteroatoms. The van der Waals surface area contributed by atoms with Gasteiger partial charge < -0.3 is 10.6 Å². The van der Waals surface area contributed by atoms with Crippen LogP contribution in [0, 0.1) is 5.92 Å². The quantitative estimate of drug-likeness (QED) is 0.865. The first kappa shape index (κ1) is 12.1. The minimum atomic E-state index is -2.64. The summed E-state index contributed by atoms with van der Waals surface area (Å²) in [5, 5.41) is 0. The second kappa shape index (κ2) is 4.47. The maximum Gasteiger partial charge on any atom is 0.249 e. The molecule has 1 aliphatic rings. The number of halogens is 2. The van der Waals surface area contributed by atoms with Gasteiger partial charge in [-0.25, -0.2) is 13.8 Å². The Hall–Kier alpha value is -1.39. The normalized spacial score (nSPS) is 21.6. The first-order valence-electron chi connectivity index (χ1n) is 5.82. The average Bonchev–Trinajstić information content (AvgIpc) is 2.29. The minimum absolute atomic E-state index is 0.324. The number of pyridine rings is 1. The molecule has 0 aromatic carbocycles. The van der Waals surface area contributed by atoms with Crippen molar-refractivity contribution in [2.45, 2.75) is 25.7 Å². The van der Waals surface area contributed by atoms with Gasteiger partial charge in [0.05, 0.1) is 5.69 Å². The molecule has 0 amide bonds. The van der Waals surface area contributed by atoms with Gasteiger partial charge in [0.2, 0.25) is 5.92 Å². The van der Waals surface area contributed by atoms with Crippen LogP contribution in [0.25, 0.3) is 0 Å². The molecule has 1 saturated heterocycles. The smallest absolute Gasteiger partial charge is 0.249 e. The van der Waals surface area contributed by atoms with E-state index in [1.54, 1.807) is 18.3 Å². The zero-order chi connectivity index (χ0) is 12.5. The molecule has 0 radical (unpaired) electrons. The van der Waals surface area contributed by atoms with Gasteiger partial charge in [-0.05, 0) is 31.9 Å². The second-order valence-corrected chi connectivity index (χ2v) is 4.66. The van der Waals surface area contributed by atoms with Crippen LogP contribution in [0.4, 0.5) is 20.3 Å². The maximum absolute atomic E-state index is 13.3. The molecule has 1 aromatic rings. The number of rotatable bonds is 2. The molecule has 94 valence electrons. The summed E-state index contributed by atoms with van der Waals surface area (Å²) in [6, 6.07) is 3.49. The Morgan fingerprint density at radius 2 is 2.29 bits per heavy atom. The number of alkyl halides is 2. The van der Waals surface area contributed by atoms with E-state index in [9.17, 15) is 8.78 Å². The van der Waals surface area contributed by atoms with E-state index in [0.717, 1.165) is 19.9 Å². The van der Waals surface area contributed by atoms with Gasteiger partial charge in [0.15, 0.2) is 5.82 Å². The highest BCUT2D eigenvalue weighted by Crippen LogP contribution is 2.34. The monoisotopic (exact) mass is 241 g/mol. The van der Waals surface area contributed by atoms with E-state index in [1.165, 1.54) is 0 Å². The number of piperidine rings is 1. The Morgan fingerprint density at radius 3 is 2.94 bits per heavy atom. The van der Waals surface area contributed by atoms with Crippen LogP contribution in [0.3, 0.4) is 0 Å². The lowest BCUT2D eigenvalue weighted by Crippen LogP contribution is -2.42. The Labute approximate surface area is 99.6 Å². The largest absolute Gasteiger partial charge is 0.396 e. The van der Waals surface area contributed by atoms with Crippen LogP contribution in [0.15, 0.2) is 18.3 Å². The summed E-state index contributed by atoms with van der Waals surface area (Å²) in [6.45, 7) is 2.06. The number of nitrogens with two attached hydrogens (primary N) is 1. The van der Waals surface area contributed by atoms with Crippen molar-refractivity contribution in [2.75, 3.05) is 23.7 Å². The molecule has 2 rings (SSSR count). The summed E-state index contributed by atoms with van der Waals surface area (Å²) in [5.41, 5.74) is 6.36. The molecule has 3 nitrogen and oxygen atoms in total. The molecule has 1 fully saturated rings. The van der Waals surface area contributed by atoms with E-state index in [0.29, 0.717) is 24.5 Å². The predicted octanol–water partition coefficient (Wildman–Crippen LogP) is 2.54. The fourth-order valence-corrected chi connectivity index (χ4v) is 2.26. The van der Waals surface area contributed by atoms with Crippen molar-refractivity contribution >= 4 is 11.5 Å². The van der Waals surface area contributed by atoms with Crippen LogP contribution >= 0.6 is 0 Å². The summed E-state index contributed by atoms with van der Waals surface area (Å²) in [5.74, 6) is -2.62. The molecule has 17 heavy (non-hydrogen) atoms. The highest BCUT2D eigenvalue weighted by atomic mass is 19.3. The summed E-state index contributed by atoms with van der Waals surface area (Å²) >= 11 is 0. The molecule has 1 atom stereocenters. The number of nitrogen functional groups attached to an aromatic ring is 1. The molecule has 0 aliphatic carbocycles. The number of nitrogens with zero attached hydrogens (tertiary/aromatic N) is 2. The first-order chi connectivity index (χ1) is 7.98. The third-order valence-electron chi connectivity index (χ3n) is 3.25. The molecule has 0 saturated carbocycles. The standard InChI is InChI=1S/C12H17F2N3/c1-12(13,14)9-4-3-7-17(8-9)11-10(15)5-2-6-16-11/h2,5-6,9H,3-4,7-8,15H2,1H3/t9-/m1/s1.